The summed E-state index contributed by atoms with van der Waals surface area (Å²) in [6, 6.07) is 7.78. The highest BCUT2D eigenvalue weighted by Crippen LogP contribution is 2.43. The number of nitrogens with two attached hydrogens (primary N) is 1. The molecule has 33 heavy (non-hydrogen) atoms. The molecule has 166 valence electrons. The molecule has 7 nitrogen and oxygen atoms in total. The van der Waals surface area contributed by atoms with Crippen molar-refractivity contribution in [2.75, 3.05) is 11.1 Å². The summed E-state index contributed by atoms with van der Waals surface area (Å²) in [6.45, 7) is 0. The van der Waals surface area contributed by atoms with Gasteiger partial charge in [0.2, 0.25) is 0 Å². The maximum atomic E-state index is 14.9. The second-order valence-corrected chi connectivity index (χ2v) is 8.13. The number of nitrogens with one attached hydrogen (secondary N) is 1. The summed E-state index contributed by atoms with van der Waals surface area (Å²) >= 11 is 6.30. The molecule has 5 rings (SSSR count). The van der Waals surface area contributed by atoms with Crippen LogP contribution in [0.1, 0.15) is 34.7 Å². The van der Waals surface area contributed by atoms with Crippen molar-refractivity contribution in [3.8, 4) is 16.9 Å². The Morgan fingerprint density at radius 3 is 2.55 bits per heavy atom. The molecule has 1 amide bonds. The van der Waals surface area contributed by atoms with Crippen molar-refractivity contribution in [3.05, 3.63) is 82.8 Å². The van der Waals surface area contributed by atoms with Gasteiger partial charge in [-0.3, -0.25) is 4.79 Å². The van der Waals surface area contributed by atoms with E-state index in [1.54, 1.807) is 12.4 Å². The third-order valence-corrected chi connectivity index (χ3v) is 5.70. The van der Waals surface area contributed by atoms with Crippen LogP contribution in [0.5, 0.6) is 0 Å². The predicted molar refractivity (Wildman–Crippen MR) is 120 cm³/mol. The van der Waals surface area contributed by atoms with E-state index in [-0.39, 0.29) is 27.4 Å². The Kier molecular flexibility index (Phi) is 5.26. The average molecular weight is 467 g/mol. The molecule has 0 aliphatic heterocycles. The van der Waals surface area contributed by atoms with Crippen molar-refractivity contribution in [2.45, 2.75) is 18.8 Å². The molecule has 2 heterocycles. The molecule has 1 aliphatic carbocycles. The van der Waals surface area contributed by atoms with Crippen molar-refractivity contribution in [2.24, 2.45) is 0 Å². The SMILES string of the molecule is Nc1cc(F)ccc1-c1cc(Cl)c(C(=O)Nc2cnc(-n3nccn3)c(C3CC3)c2)cc1F. The number of halogens is 3. The Labute approximate surface area is 192 Å². The minimum atomic E-state index is -0.709. The van der Waals surface area contributed by atoms with Gasteiger partial charge in [0.1, 0.15) is 11.6 Å². The van der Waals surface area contributed by atoms with Gasteiger partial charge in [-0.15, -0.1) is 4.80 Å². The molecule has 0 saturated heterocycles. The van der Waals surface area contributed by atoms with Crippen LogP contribution in [-0.4, -0.2) is 25.9 Å². The van der Waals surface area contributed by atoms with E-state index >= 15 is 0 Å². The molecule has 10 heteroatoms. The number of carbonyl (C=O) groups excluding carboxylic acids is 1. The normalized spacial score (nSPS) is 13.2. The smallest absolute Gasteiger partial charge is 0.257 e. The van der Waals surface area contributed by atoms with Gasteiger partial charge in [-0.25, -0.2) is 13.8 Å². The third kappa shape index (κ3) is 4.14. The molecule has 0 spiro atoms. The van der Waals surface area contributed by atoms with Crippen molar-refractivity contribution < 1.29 is 13.6 Å². The van der Waals surface area contributed by atoms with Crippen LogP contribution in [0.15, 0.2) is 55.0 Å². The number of pyridine rings is 1. The van der Waals surface area contributed by atoms with Gasteiger partial charge in [0.05, 0.1) is 34.9 Å². The first-order valence-corrected chi connectivity index (χ1v) is 10.5. The number of carbonyl (C=O) groups is 1. The fraction of sp³-hybridized carbons (Fsp3) is 0.130. The molecule has 0 atom stereocenters. The van der Waals surface area contributed by atoms with E-state index in [4.69, 9.17) is 17.3 Å². The number of aromatic nitrogens is 4. The van der Waals surface area contributed by atoms with Crippen LogP contribution in [0.4, 0.5) is 20.2 Å². The first-order valence-electron chi connectivity index (χ1n) is 10.1. The lowest BCUT2D eigenvalue weighted by Crippen LogP contribution is -2.14. The van der Waals surface area contributed by atoms with Gasteiger partial charge in [-0.05, 0) is 55.2 Å². The monoisotopic (exact) mass is 466 g/mol. The van der Waals surface area contributed by atoms with E-state index in [2.05, 4.69) is 20.5 Å². The van der Waals surface area contributed by atoms with Crippen molar-refractivity contribution >= 4 is 28.9 Å². The fourth-order valence-electron chi connectivity index (χ4n) is 3.63. The Morgan fingerprint density at radius 1 is 1.09 bits per heavy atom. The number of nitrogen functional groups attached to an aromatic ring is 1. The number of benzene rings is 2. The molecule has 4 aromatic rings. The summed E-state index contributed by atoms with van der Waals surface area (Å²) in [4.78, 5) is 18.7. The Morgan fingerprint density at radius 2 is 1.85 bits per heavy atom. The van der Waals surface area contributed by atoms with Gasteiger partial charge in [0.25, 0.3) is 5.91 Å². The summed E-state index contributed by atoms with van der Waals surface area (Å²) in [5.74, 6) is -0.916. The second-order valence-electron chi connectivity index (χ2n) is 7.73. The first-order chi connectivity index (χ1) is 15.9. The maximum Gasteiger partial charge on any atom is 0.257 e. The number of hydrogen-bond acceptors (Lipinski definition) is 5. The van der Waals surface area contributed by atoms with E-state index in [0.717, 1.165) is 30.5 Å². The summed E-state index contributed by atoms with van der Waals surface area (Å²) in [6.07, 6.45) is 6.64. The molecule has 3 N–H and O–H groups in total. The molecule has 1 fully saturated rings. The third-order valence-electron chi connectivity index (χ3n) is 5.38. The summed E-state index contributed by atoms with van der Waals surface area (Å²) in [7, 11) is 0. The number of anilines is 2. The van der Waals surface area contributed by atoms with Crippen LogP contribution in [0.3, 0.4) is 0 Å². The largest absolute Gasteiger partial charge is 0.398 e. The van der Waals surface area contributed by atoms with Crippen LogP contribution in [-0.2, 0) is 0 Å². The van der Waals surface area contributed by atoms with Gasteiger partial charge >= 0.3 is 0 Å². The summed E-state index contributed by atoms with van der Waals surface area (Å²) in [5.41, 5.74) is 7.55. The number of nitrogens with zero attached hydrogens (tertiary/aromatic N) is 4. The minimum Gasteiger partial charge on any atom is -0.398 e. The number of amides is 1. The molecule has 0 unspecified atom stereocenters. The van der Waals surface area contributed by atoms with Crippen LogP contribution in [0.25, 0.3) is 16.9 Å². The minimum absolute atomic E-state index is 0.0281. The molecular weight excluding hydrogens is 450 g/mol. The van der Waals surface area contributed by atoms with E-state index in [9.17, 15) is 13.6 Å². The van der Waals surface area contributed by atoms with E-state index in [1.165, 1.54) is 29.2 Å². The zero-order valence-corrected chi connectivity index (χ0v) is 17.9. The highest BCUT2D eigenvalue weighted by molar-refractivity contribution is 6.34. The summed E-state index contributed by atoms with van der Waals surface area (Å²) in [5, 5.41) is 11.0. The van der Waals surface area contributed by atoms with Gasteiger partial charge in [-0.1, -0.05) is 11.6 Å². The lowest BCUT2D eigenvalue weighted by molar-refractivity contribution is 0.102. The molecule has 2 aromatic carbocycles. The highest BCUT2D eigenvalue weighted by Gasteiger charge is 2.29. The molecule has 2 aromatic heterocycles. The first kappa shape index (κ1) is 21.0. The van der Waals surface area contributed by atoms with E-state index in [0.29, 0.717) is 17.4 Å². The Hall–Kier alpha value is -3.85. The molecular formula is C23H17ClF2N6O. The fourth-order valence-corrected chi connectivity index (χ4v) is 3.88. The van der Waals surface area contributed by atoms with Crippen molar-refractivity contribution in [3.63, 3.8) is 0 Å². The number of rotatable bonds is 5. The van der Waals surface area contributed by atoms with Gasteiger partial charge < -0.3 is 11.1 Å². The predicted octanol–water partition coefficient (Wildman–Crippen LogP) is 4.97. The topological polar surface area (TPSA) is 98.7 Å². The molecule has 1 saturated carbocycles. The van der Waals surface area contributed by atoms with E-state index in [1.807, 2.05) is 6.07 Å². The van der Waals surface area contributed by atoms with Gasteiger partial charge in [-0.2, -0.15) is 10.2 Å². The summed E-state index contributed by atoms with van der Waals surface area (Å²) < 4.78 is 28.2. The molecule has 0 radical (unpaired) electrons. The maximum absolute atomic E-state index is 14.9. The quantitative estimate of drug-likeness (QED) is 0.404. The van der Waals surface area contributed by atoms with Crippen LogP contribution in [0.2, 0.25) is 5.02 Å². The van der Waals surface area contributed by atoms with Crippen LogP contribution < -0.4 is 11.1 Å². The standard InChI is InChI=1S/C23H17ClF2N6O/c24-19-9-17(15-4-3-13(25)7-21(15)27)20(26)10-18(19)23(33)31-14-8-16(12-1-2-12)22(28-11-14)32-29-5-6-30-32/h3-12H,1-2,27H2,(H,31,33). The van der Waals surface area contributed by atoms with Gasteiger partial charge in [0.15, 0.2) is 5.82 Å². The van der Waals surface area contributed by atoms with Crippen molar-refractivity contribution in [1.82, 2.24) is 20.0 Å². The zero-order valence-electron chi connectivity index (χ0n) is 17.1. The lowest BCUT2D eigenvalue weighted by Gasteiger charge is -2.13. The lowest BCUT2D eigenvalue weighted by atomic mass is 10.0. The van der Waals surface area contributed by atoms with E-state index < -0.39 is 17.5 Å². The second kappa shape index (κ2) is 8.25. The number of hydrogen-bond donors (Lipinski definition) is 2. The zero-order chi connectivity index (χ0) is 23.1. The molecule has 0 bridgehead atoms. The Balaban J connectivity index is 1.43. The molecule has 1 aliphatic rings. The van der Waals surface area contributed by atoms with Crippen LogP contribution in [0, 0.1) is 11.6 Å². The van der Waals surface area contributed by atoms with Gasteiger partial charge in [0, 0.05) is 22.4 Å². The van der Waals surface area contributed by atoms with Crippen LogP contribution >= 0.6 is 11.6 Å². The van der Waals surface area contributed by atoms with Crippen molar-refractivity contribution in [1.29, 1.82) is 0 Å². The Bertz CT molecular complexity index is 1370. The highest BCUT2D eigenvalue weighted by atomic mass is 35.5. The average Bonchev–Trinajstić information content (AvgIpc) is 3.49.